The van der Waals surface area contributed by atoms with E-state index in [0.29, 0.717) is 19.6 Å². The van der Waals surface area contributed by atoms with Gasteiger partial charge in [-0.2, -0.15) is 13.2 Å². The van der Waals surface area contributed by atoms with Gasteiger partial charge in [0.25, 0.3) is 15.7 Å². The molecule has 3 rings (SSSR count). The molecule has 1 aromatic heterocycles. The Morgan fingerprint density at radius 2 is 1.72 bits per heavy atom. The second-order valence-electron chi connectivity index (χ2n) is 6.80. The summed E-state index contributed by atoms with van der Waals surface area (Å²) in [5.41, 5.74) is -3.76. The molecule has 0 aliphatic carbocycles. The Morgan fingerprint density at radius 1 is 1.07 bits per heavy atom. The Labute approximate surface area is 166 Å². The van der Waals surface area contributed by atoms with Crippen LogP contribution in [-0.4, -0.2) is 60.8 Å². The van der Waals surface area contributed by atoms with Gasteiger partial charge in [0.2, 0.25) is 0 Å². The maximum Gasteiger partial charge on any atom is 0.503 e. The van der Waals surface area contributed by atoms with Crippen LogP contribution in [0.25, 0.3) is 0 Å². The average molecular weight is 427 g/mol. The fourth-order valence-electron chi connectivity index (χ4n) is 3.19. The van der Waals surface area contributed by atoms with Crippen molar-refractivity contribution in [1.29, 1.82) is 0 Å². The zero-order valence-corrected chi connectivity index (χ0v) is 16.5. The second kappa shape index (κ2) is 8.11. The largest absolute Gasteiger partial charge is 0.503 e. The summed E-state index contributed by atoms with van der Waals surface area (Å²) in [6, 6.07) is 10.3. The van der Waals surface area contributed by atoms with E-state index in [1.807, 2.05) is 31.2 Å². The first-order valence-corrected chi connectivity index (χ1v) is 10.4. The molecule has 2 aromatic rings. The maximum atomic E-state index is 12.9. The predicted octanol–water partition coefficient (Wildman–Crippen LogP) is 2.64. The van der Waals surface area contributed by atoms with E-state index in [1.165, 1.54) is 11.0 Å². The van der Waals surface area contributed by atoms with Gasteiger partial charge in [-0.3, -0.25) is 9.69 Å². The van der Waals surface area contributed by atoms with Gasteiger partial charge in [-0.25, -0.2) is 13.4 Å². The molecule has 1 aliphatic rings. The number of alkyl halides is 3. The monoisotopic (exact) mass is 427 g/mol. The number of carbonyl (C=O) groups excluding carboxylic acids is 1. The molecular formula is C19H20F3N3O3S. The summed E-state index contributed by atoms with van der Waals surface area (Å²) in [6.07, 6.45) is 0.926. The quantitative estimate of drug-likeness (QED) is 0.750. The summed E-state index contributed by atoms with van der Waals surface area (Å²) in [4.78, 5) is 19.6. The number of hydrogen-bond acceptors (Lipinski definition) is 5. The molecule has 0 saturated carbocycles. The molecule has 0 unspecified atom stereocenters. The van der Waals surface area contributed by atoms with E-state index < -0.39 is 31.8 Å². The summed E-state index contributed by atoms with van der Waals surface area (Å²) >= 11 is 0. The van der Waals surface area contributed by atoms with Crippen LogP contribution in [0.15, 0.2) is 47.6 Å². The Kier molecular flexibility index (Phi) is 5.95. The number of nitrogens with zero attached hydrogens (tertiary/aromatic N) is 3. The molecule has 2 heterocycles. The summed E-state index contributed by atoms with van der Waals surface area (Å²) in [5, 5.41) is -1.25. The molecule has 0 radical (unpaired) electrons. The van der Waals surface area contributed by atoms with Crippen LogP contribution in [0.5, 0.6) is 0 Å². The van der Waals surface area contributed by atoms with Crippen molar-refractivity contribution in [1.82, 2.24) is 14.8 Å². The number of pyridine rings is 1. The fraction of sp³-hybridized carbons (Fsp3) is 0.368. The normalized spacial score (nSPS) is 16.1. The van der Waals surface area contributed by atoms with Crippen molar-refractivity contribution in [3.8, 4) is 0 Å². The third-order valence-corrected chi connectivity index (χ3v) is 6.32. The highest BCUT2D eigenvalue weighted by Crippen LogP contribution is 2.31. The van der Waals surface area contributed by atoms with E-state index in [2.05, 4.69) is 9.88 Å². The van der Waals surface area contributed by atoms with Gasteiger partial charge in [0.15, 0.2) is 5.03 Å². The molecule has 156 valence electrons. The van der Waals surface area contributed by atoms with Crippen LogP contribution in [0.3, 0.4) is 0 Å². The van der Waals surface area contributed by atoms with Crippen LogP contribution < -0.4 is 0 Å². The SMILES string of the molecule is Cc1ccccc1CN1CCN(C(=O)c2cccnc2S(=O)(=O)C(F)(F)F)CC1. The first kappa shape index (κ1) is 21.3. The Balaban J connectivity index is 1.73. The maximum absolute atomic E-state index is 12.9. The lowest BCUT2D eigenvalue weighted by molar-refractivity contribution is -0.0438. The van der Waals surface area contributed by atoms with Crippen LogP contribution in [0.1, 0.15) is 21.5 Å². The number of rotatable bonds is 4. The van der Waals surface area contributed by atoms with Crippen LogP contribution in [0.4, 0.5) is 13.2 Å². The lowest BCUT2D eigenvalue weighted by Gasteiger charge is -2.35. The molecule has 1 aromatic carbocycles. The third kappa shape index (κ3) is 4.43. The van der Waals surface area contributed by atoms with Crippen molar-refractivity contribution in [3.05, 3.63) is 59.3 Å². The Morgan fingerprint density at radius 3 is 2.34 bits per heavy atom. The summed E-state index contributed by atoms with van der Waals surface area (Å²) in [5.74, 6) is -0.767. The minimum Gasteiger partial charge on any atom is -0.336 e. The van der Waals surface area contributed by atoms with Gasteiger partial charge >= 0.3 is 5.51 Å². The van der Waals surface area contributed by atoms with Crippen LogP contribution in [0.2, 0.25) is 0 Å². The van der Waals surface area contributed by atoms with Gasteiger partial charge < -0.3 is 4.90 Å². The van der Waals surface area contributed by atoms with E-state index in [0.717, 1.165) is 23.4 Å². The fourth-order valence-corrected chi connectivity index (χ4v) is 4.05. The predicted molar refractivity (Wildman–Crippen MR) is 99.8 cm³/mol. The highest BCUT2D eigenvalue weighted by Gasteiger charge is 2.49. The first-order chi connectivity index (χ1) is 13.6. The molecule has 1 saturated heterocycles. The van der Waals surface area contributed by atoms with Crippen LogP contribution >= 0.6 is 0 Å². The van der Waals surface area contributed by atoms with Gasteiger partial charge in [-0.1, -0.05) is 24.3 Å². The summed E-state index contributed by atoms with van der Waals surface area (Å²) in [7, 11) is -5.72. The smallest absolute Gasteiger partial charge is 0.336 e. The number of carbonyl (C=O) groups is 1. The molecule has 1 fully saturated rings. The van der Waals surface area contributed by atoms with Crippen molar-refractivity contribution in [3.63, 3.8) is 0 Å². The lowest BCUT2D eigenvalue weighted by Crippen LogP contribution is -2.48. The van der Waals surface area contributed by atoms with E-state index in [-0.39, 0.29) is 13.1 Å². The van der Waals surface area contributed by atoms with E-state index in [9.17, 15) is 26.4 Å². The van der Waals surface area contributed by atoms with E-state index in [4.69, 9.17) is 0 Å². The molecule has 10 heteroatoms. The Hall–Kier alpha value is -2.46. The molecule has 0 spiro atoms. The second-order valence-corrected chi connectivity index (χ2v) is 8.66. The third-order valence-electron chi connectivity index (χ3n) is 4.88. The van der Waals surface area contributed by atoms with Crippen molar-refractivity contribution >= 4 is 15.7 Å². The van der Waals surface area contributed by atoms with Gasteiger partial charge in [0.05, 0.1) is 5.56 Å². The number of aromatic nitrogens is 1. The highest BCUT2D eigenvalue weighted by atomic mass is 32.2. The van der Waals surface area contributed by atoms with Crippen LogP contribution in [0, 0.1) is 6.92 Å². The molecule has 0 N–H and O–H groups in total. The minimum absolute atomic E-state index is 0.283. The topological polar surface area (TPSA) is 70.6 Å². The molecule has 1 amide bonds. The molecular weight excluding hydrogens is 407 g/mol. The average Bonchev–Trinajstić information content (AvgIpc) is 2.69. The molecule has 0 atom stereocenters. The number of halogens is 3. The summed E-state index contributed by atoms with van der Waals surface area (Å²) in [6.45, 7) is 4.34. The van der Waals surface area contributed by atoms with Crippen molar-refractivity contribution in [2.24, 2.45) is 0 Å². The number of amides is 1. The molecule has 6 nitrogen and oxygen atoms in total. The van der Waals surface area contributed by atoms with Gasteiger partial charge in [-0.15, -0.1) is 0 Å². The Bertz CT molecular complexity index is 1000. The number of benzene rings is 1. The van der Waals surface area contributed by atoms with Gasteiger partial charge in [-0.05, 0) is 30.2 Å². The standard InChI is InChI=1S/C19H20F3N3O3S/c1-14-5-2-3-6-15(14)13-24-9-11-25(12-10-24)18(26)16-7-4-8-23-17(16)29(27,28)19(20,21)22/h2-8H,9-13H2,1H3. The van der Waals surface area contributed by atoms with Crippen molar-refractivity contribution < 1.29 is 26.4 Å². The molecule has 1 aliphatic heterocycles. The van der Waals surface area contributed by atoms with Crippen molar-refractivity contribution in [2.45, 2.75) is 24.0 Å². The first-order valence-electron chi connectivity index (χ1n) is 8.94. The number of sulfone groups is 1. The lowest BCUT2D eigenvalue weighted by atomic mass is 10.1. The number of piperazine rings is 1. The highest BCUT2D eigenvalue weighted by molar-refractivity contribution is 7.92. The minimum atomic E-state index is -5.72. The number of hydrogen-bond donors (Lipinski definition) is 0. The van der Waals surface area contributed by atoms with Gasteiger partial charge in [0.1, 0.15) is 0 Å². The summed E-state index contributed by atoms with van der Waals surface area (Å²) < 4.78 is 62.4. The van der Waals surface area contributed by atoms with Crippen molar-refractivity contribution in [2.75, 3.05) is 26.2 Å². The zero-order chi connectivity index (χ0) is 21.2. The van der Waals surface area contributed by atoms with Gasteiger partial charge in [0, 0.05) is 38.9 Å². The molecule has 0 bridgehead atoms. The van der Waals surface area contributed by atoms with Crippen LogP contribution in [-0.2, 0) is 16.4 Å². The molecule has 29 heavy (non-hydrogen) atoms. The number of aryl methyl sites for hydroxylation is 1. The zero-order valence-electron chi connectivity index (χ0n) is 15.7. The van der Waals surface area contributed by atoms with E-state index >= 15 is 0 Å². The van der Waals surface area contributed by atoms with E-state index in [1.54, 1.807) is 0 Å².